The molecule has 16 heavy (non-hydrogen) atoms. The minimum Gasteiger partial charge on any atom is -0.550 e. The summed E-state index contributed by atoms with van der Waals surface area (Å²) in [4.78, 5) is 21.3. The lowest BCUT2D eigenvalue weighted by molar-refractivity contribution is -0.305. The maximum absolute atomic E-state index is 11.2. The molecule has 0 spiro atoms. The number of esters is 1. The zero-order chi connectivity index (χ0) is 12.0. The number of carbonyl (C=O) groups is 2. The Morgan fingerprint density at radius 1 is 1.19 bits per heavy atom. The van der Waals surface area contributed by atoms with Gasteiger partial charge in [0.2, 0.25) is 0 Å². The fraction of sp³-hybridized carbons (Fsp3) is 0.273. The molecule has 0 aliphatic carbocycles. The van der Waals surface area contributed by atoms with Crippen molar-refractivity contribution >= 4 is 27.9 Å². The molecule has 0 amide bonds. The van der Waals surface area contributed by atoms with Crippen LogP contribution in [0.25, 0.3) is 0 Å². The predicted octanol–water partition coefficient (Wildman–Crippen LogP) is 1.27. The summed E-state index contributed by atoms with van der Waals surface area (Å²) in [6.07, 6.45) is 0.178. The van der Waals surface area contributed by atoms with Crippen molar-refractivity contribution in [1.29, 1.82) is 0 Å². The third kappa shape index (κ3) is 4.93. The molecule has 0 fully saturated rings. The van der Waals surface area contributed by atoms with Crippen molar-refractivity contribution < 1.29 is 19.4 Å². The van der Waals surface area contributed by atoms with Crippen LogP contribution in [0.5, 0.6) is 5.75 Å². The van der Waals surface area contributed by atoms with Crippen molar-refractivity contribution in [2.45, 2.75) is 19.3 Å². The molecular formula is C11H10BrO4-. The van der Waals surface area contributed by atoms with E-state index < -0.39 is 11.9 Å². The van der Waals surface area contributed by atoms with Crippen LogP contribution in [0, 0.1) is 0 Å². The Kier molecular flexibility index (Phi) is 4.98. The number of carboxylic acid groups (broad SMARTS) is 1. The SMILES string of the molecule is O=C([O-])CCCC(=O)Oc1ccc(Br)cc1. The molecule has 1 aromatic carbocycles. The third-order valence-electron chi connectivity index (χ3n) is 1.81. The summed E-state index contributed by atoms with van der Waals surface area (Å²) >= 11 is 3.26. The van der Waals surface area contributed by atoms with Crippen LogP contribution in [0.1, 0.15) is 19.3 Å². The average Bonchev–Trinajstić information content (AvgIpc) is 2.21. The first kappa shape index (κ1) is 12.7. The highest BCUT2D eigenvalue weighted by Crippen LogP contribution is 2.16. The molecule has 0 aliphatic rings. The van der Waals surface area contributed by atoms with E-state index in [1.54, 1.807) is 24.3 Å². The fourth-order valence-corrected chi connectivity index (χ4v) is 1.33. The monoisotopic (exact) mass is 285 g/mol. The number of ether oxygens (including phenoxy) is 1. The van der Waals surface area contributed by atoms with E-state index in [4.69, 9.17) is 4.74 Å². The number of rotatable bonds is 5. The minimum atomic E-state index is -1.16. The highest BCUT2D eigenvalue weighted by atomic mass is 79.9. The van der Waals surface area contributed by atoms with Crippen molar-refractivity contribution in [3.05, 3.63) is 28.7 Å². The van der Waals surface area contributed by atoms with E-state index in [1.165, 1.54) is 0 Å². The number of carbonyl (C=O) groups excluding carboxylic acids is 2. The molecule has 0 bridgehead atoms. The Bertz CT molecular complexity index is 372. The number of carboxylic acids is 1. The number of halogens is 1. The Labute approximate surface area is 101 Å². The van der Waals surface area contributed by atoms with Crippen LogP contribution in [0.15, 0.2) is 28.7 Å². The molecule has 0 saturated carbocycles. The smallest absolute Gasteiger partial charge is 0.311 e. The first-order valence-corrected chi connectivity index (χ1v) is 5.53. The second kappa shape index (κ2) is 6.27. The minimum absolute atomic E-state index is 0.0735. The van der Waals surface area contributed by atoms with Crippen molar-refractivity contribution in [3.8, 4) is 5.75 Å². The van der Waals surface area contributed by atoms with Gasteiger partial charge < -0.3 is 14.6 Å². The number of hydrogen-bond donors (Lipinski definition) is 0. The van der Waals surface area contributed by atoms with Crippen molar-refractivity contribution in [1.82, 2.24) is 0 Å². The number of hydrogen-bond acceptors (Lipinski definition) is 4. The van der Waals surface area contributed by atoms with Gasteiger partial charge in [0.25, 0.3) is 0 Å². The van der Waals surface area contributed by atoms with Gasteiger partial charge in [-0.05, 0) is 37.1 Å². The molecule has 86 valence electrons. The summed E-state index contributed by atoms with van der Waals surface area (Å²) in [6, 6.07) is 6.81. The molecule has 5 heteroatoms. The molecule has 0 aliphatic heterocycles. The van der Waals surface area contributed by atoms with E-state index >= 15 is 0 Å². The van der Waals surface area contributed by atoms with Gasteiger partial charge in [0.15, 0.2) is 0 Å². The maximum Gasteiger partial charge on any atom is 0.311 e. The summed E-state index contributed by atoms with van der Waals surface area (Å²) in [6.45, 7) is 0. The van der Waals surface area contributed by atoms with Gasteiger partial charge >= 0.3 is 5.97 Å². The number of benzene rings is 1. The van der Waals surface area contributed by atoms with Crippen molar-refractivity contribution in [2.24, 2.45) is 0 Å². The molecular weight excluding hydrogens is 276 g/mol. The van der Waals surface area contributed by atoms with E-state index in [-0.39, 0.29) is 19.3 Å². The standard InChI is InChI=1S/C11H11BrO4/c12-8-4-6-9(7-5-8)16-11(15)3-1-2-10(13)14/h4-7H,1-3H2,(H,13,14)/p-1. The molecule has 0 unspecified atom stereocenters. The summed E-state index contributed by atoms with van der Waals surface area (Å²) in [5, 5.41) is 10.1. The van der Waals surface area contributed by atoms with Gasteiger partial charge in [0.1, 0.15) is 5.75 Å². The summed E-state index contributed by atoms with van der Waals surface area (Å²) < 4.78 is 5.87. The third-order valence-corrected chi connectivity index (χ3v) is 2.34. The van der Waals surface area contributed by atoms with Crippen LogP contribution in [0.2, 0.25) is 0 Å². The predicted molar refractivity (Wildman–Crippen MR) is 58.6 cm³/mol. The Morgan fingerprint density at radius 2 is 1.81 bits per heavy atom. The molecule has 0 radical (unpaired) electrons. The van der Waals surface area contributed by atoms with E-state index in [2.05, 4.69) is 15.9 Å². The van der Waals surface area contributed by atoms with E-state index in [9.17, 15) is 14.7 Å². The van der Waals surface area contributed by atoms with Crippen LogP contribution in [0.3, 0.4) is 0 Å². The van der Waals surface area contributed by atoms with Gasteiger partial charge in [0, 0.05) is 16.9 Å². The molecule has 1 aromatic rings. The van der Waals surface area contributed by atoms with Crippen LogP contribution >= 0.6 is 15.9 Å². The largest absolute Gasteiger partial charge is 0.550 e. The van der Waals surface area contributed by atoms with Gasteiger partial charge in [-0.3, -0.25) is 4.79 Å². The Hall–Kier alpha value is -1.36. The lowest BCUT2D eigenvalue weighted by Crippen LogP contribution is -2.22. The zero-order valence-corrected chi connectivity index (χ0v) is 10.0. The van der Waals surface area contributed by atoms with Gasteiger partial charge in [-0.25, -0.2) is 0 Å². The first-order chi connectivity index (χ1) is 7.58. The second-order valence-corrected chi connectivity index (χ2v) is 4.07. The molecule has 1 rings (SSSR count). The Morgan fingerprint density at radius 3 is 2.38 bits per heavy atom. The second-order valence-electron chi connectivity index (χ2n) is 3.15. The fourth-order valence-electron chi connectivity index (χ4n) is 1.06. The van der Waals surface area contributed by atoms with E-state index in [0.717, 1.165) is 4.47 Å². The van der Waals surface area contributed by atoms with Gasteiger partial charge in [0.05, 0.1) is 0 Å². The van der Waals surface area contributed by atoms with Gasteiger partial charge in [-0.2, -0.15) is 0 Å². The van der Waals surface area contributed by atoms with Crippen molar-refractivity contribution in [2.75, 3.05) is 0 Å². The molecule has 0 N–H and O–H groups in total. The summed E-state index contributed by atoms with van der Waals surface area (Å²) in [7, 11) is 0. The van der Waals surface area contributed by atoms with Crippen LogP contribution in [-0.2, 0) is 9.59 Å². The maximum atomic E-state index is 11.2. The first-order valence-electron chi connectivity index (χ1n) is 4.74. The quantitative estimate of drug-likeness (QED) is 0.604. The van der Waals surface area contributed by atoms with E-state index in [0.29, 0.717) is 5.75 Å². The normalized spacial score (nSPS) is 9.81. The van der Waals surface area contributed by atoms with Crippen LogP contribution in [0.4, 0.5) is 0 Å². The summed E-state index contributed by atoms with van der Waals surface area (Å²) in [5.41, 5.74) is 0. The van der Waals surface area contributed by atoms with Gasteiger partial charge in [-0.1, -0.05) is 15.9 Å². The molecule has 0 saturated heterocycles. The lowest BCUT2D eigenvalue weighted by Gasteiger charge is -2.04. The summed E-state index contributed by atoms with van der Waals surface area (Å²) in [5.74, 6) is -1.15. The Balaban J connectivity index is 2.34. The molecule has 0 heterocycles. The molecule has 0 atom stereocenters. The molecule has 4 nitrogen and oxygen atoms in total. The number of aliphatic carboxylic acids is 1. The van der Waals surface area contributed by atoms with E-state index in [1.807, 2.05) is 0 Å². The van der Waals surface area contributed by atoms with Crippen molar-refractivity contribution in [3.63, 3.8) is 0 Å². The van der Waals surface area contributed by atoms with Crippen LogP contribution < -0.4 is 9.84 Å². The molecule has 0 aromatic heterocycles. The van der Waals surface area contributed by atoms with Gasteiger partial charge in [-0.15, -0.1) is 0 Å². The topological polar surface area (TPSA) is 66.4 Å². The highest BCUT2D eigenvalue weighted by molar-refractivity contribution is 9.10. The lowest BCUT2D eigenvalue weighted by atomic mass is 10.2. The highest BCUT2D eigenvalue weighted by Gasteiger charge is 2.04. The zero-order valence-electron chi connectivity index (χ0n) is 8.44. The average molecular weight is 286 g/mol. The van der Waals surface area contributed by atoms with Crippen LogP contribution in [-0.4, -0.2) is 11.9 Å².